The highest BCUT2D eigenvalue weighted by Gasteiger charge is 2.24. The van der Waals surface area contributed by atoms with E-state index in [2.05, 4.69) is 26.1 Å². The van der Waals surface area contributed by atoms with Gasteiger partial charge < -0.3 is 10.0 Å². The van der Waals surface area contributed by atoms with Gasteiger partial charge in [0.2, 0.25) is 5.69 Å². The predicted molar refractivity (Wildman–Crippen MR) is 86.7 cm³/mol. The number of aromatic carboxylic acids is 1. The van der Waals surface area contributed by atoms with Crippen molar-refractivity contribution in [3.05, 3.63) is 34.4 Å². The molecule has 0 amide bonds. The van der Waals surface area contributed by atoms with Crippen LogP contribution in [0, 0.1) is 0 Å². The molecule has 1 aliphatic heterocycles. The van der Waals surface area contributed by atoms with Crippen molar-refractivity contribution >= 4 is 27.7 Å². The molecule has 2 heterocycles. The van der Waals surface area contributed by atoms with Crippen LogP contribution in [-0.4, -0.2) is 39.2 Å². The molecule has 0 bridgehead atoms. The van der Waals surface area contributed by atoms with Gasteiger partial charge in [-0.15, -0.1) is 15.0 Å². The molecule has 6 nitrogen and oxygen atoms in total. The smallest absolute Gasteiger partial charge is 0.360 e. The molecule has 1 aromatic carbocycles. The van der Waals surface area contributed by atoms with Gasteiger partial charge in [0.1, 0.15) is 0 Å². The molecule has 0 atom stereocenters. The fourth-order valence-electron chi connectivity index (χ4n) is 2.62. The van der Waals surface area contributed by atoms with Gasteiger partial charge in [0.25, 0.3) is 0 Å². The zero-order valence-electron chi connectivity index (χ0n) is 12.1. The first-order valence-corrected chi connectivity index (χ1v) is 8.16. The van der Waals surface area contributed by atoms with Gasteiger partial charge in [0.15, 0.2) is 5.82 Å². The van der Waals surface area contributed by atoms with Crippen LogP contribution in [-0.2, 0) is 0 Å². The quantitative estimate of drug-likeness (QED) is 0.905. The fraction of sp³-hybridized carbons (Fsp3) is 0.400. The molecule has 0 unspecified atom stereocenters. The van der Waals surface area contributed by atoms with Gasteiger partial charge in [-0.2, -0.15) is 0 Å². The Hall–Kier alpha value is -1.89. The van der Waals surface area contributed by atoms with Crippen molar-refractivity contribution in [2.75, 3.05) is 18.0 Å². The second kappa shape index (κ2) is 6.48. The zero-order valence-corrected chi connectivity index (χ0v) is 13.7. The SMILES string of the molecule is O=C(O)c1nn(-c2ccc(Br)cc2)nc1N1CCCCCC1. The van der Waals surface area contributed by atoms with E-state index in [-0.39, 0.29) is 5.69 Å². The Bertz CT molecular complexity index is 661. The van der Waals surface area contributed by atoms with Crippen molar-refractivity contribution in [1.29, 1.82) is 0 Å². The van der Waals surface area contributed by atoms with E-state index in [1.807, 2.05) is 29.2 Å². The number of anilines is 1. The molecule has 1 aromatic heterocycles. The molecule has 1 fully saturated rings. The summed E-state index contributed by atoms with van der Waals surface area (Å²) in [6.07, 6.45) is 4.48. The second-order valence-electron chi connectivity index (χ2n) is 5.34. The summed E-state index contributed by atoms with van der Waals surface area (Å²) in [6, 6.07) is 7.46. The number of aromatic nitrogens is 3. The lowest BCUT2D eigenvalue weighted by Crippen LogP contribution is -2.26. The normalized spacial score (nSPS) is 15.6. The van der Waals surface area contributed by atoms with Gasteiger partial charge in [0.05, 0.1) is 5.69 Å². The van der Waals surface area contributed by atoms with Gasteiger partial charge >= 0.3 is 5.97 Å². The van der Waals surface area contributed by atoms with Gasteiger partial charge in [-0.05, 0) is 37.1 Å². The average molecular weight is 365 g/mol. The molecule has 0 radical (unpaired) electrons. The number of nitrogens with zero attached hydrogens (tertiary/aromatic N) is 4. The van der Waals surface area contributed by atoms with E-state index >= 15 is 0 Å². The van der Waals surface area contributed by atoms with Crippen molar-refractivity contribution in [2.24, 2.45) is 0 Å². The first kappa shape index (κ1) is 15.0. The minimum atomic E-state index is -1.04. The first-order valence-electron chi connectivity index (χ1n) is 7.36. The van der Waals surface area contributed by atoms with Crippen molar-refractivity contribution in [2.45, 2.75) is 25.7 Å². The minimum absolute atomic E-state index is 0.0184. The topological polar surface area (TPSA) is 71.2 Å². The predicted octanol–water partition coefficient (Wildman–Crippen LogP) is 3.11. The maximum absolute atomic E-state index is 11.5. The van der Waals surface area contributed by atoms with E-state index in [9.17, 15) is 9.90 Å². The largest absolute Gasteiger partial charge is 0.476 e. The Morgan fingerprint density at radius 3 is 2.27 bits per heavy atom. The molecule has 0 saturated carbocycles. The standard InChI is InChI=1S/C15H17BrN4O2/c16-11-5-7-12(8-6-11)20-17-13(15(21)22)14(18-20)19-9-3-1-2-4-10-19/h5-8H,1-4,9-10H2,(H,21,22). The second-order valence-corrected chi connectivity index (χ2v) is 6.26. The lowest BCUT2D eigenvalue weighted by atomic mass is 10.2. The summed E-state index contributed by atoms with van der Waals surface area (Å²) in [7, 11) is 0. The molecule has 22 heavy (non-hydrogen) atoms. The number of hydrogen-bond donors (Lipinski definition) is 1. The van der Waals surface area contributed by atoms with Crippen molar-refractivity contribution in [3.63, 3.8) is 0 Å². The van der Waals surface area contributed by atoms with Gasteiger partial charge in [0, 0.05) is 17.6 Å². The molecule has 1 N–H and O–H groups in total. The lowest BCUT2D eigenvalue weighted by Gasteiger charge is -2.19. The van der Waals surface area contributed by atoms with Crippen molar-refractivity contribution < 1.29 is 9.90 Å². The van der Waals surface area contributed by atoms with Gasteiger partial charge in [-0.3, -0.25) is 0 Å². The molecular weight excluding hydrogens is 348 g/mol. The number of carbonyl (C=O) groups is 1. The van der Waals surface area contributed by atoms with E-state index < -0.39 is 5.97 Å². The molecule has 2 aromatic rings. The van der Waals surface area contributed by atoms with E-state index in [0.717, 1.165) is 36.1 Å². The molecule has 1 saturated heterocycles. The number of hydrogen-bond acceptors (Lipinski definition) is 4. The van der Waals surface area contributed by atoms with E-state index in [0.29, 0.717) is 5.82 Å². The molecule has 0 aliphatic carbocycles. The molecule has 1 aliphatic rings. The van der Waals surface area contributed by atoms with Crippen LogP contribution >= 0.6 is 15.9 Å². The van der Waals surface area contributed by atoms with E-state index in [4.69, 9.17) is 0 Å². The Kier molecular flexibility index (Phi) is 4.42. The summed E-state index contributed by atoms with van der Waals surface area (Å²) in [5, 5.41) is 18.0. The highest BCUT2D eigenvalue weighted by atomic mass is 79.9. The first-order chi connectivity index (χ1) is 10.6. The third-order valence-corrected chi connectivity index (χ3v) is 4.29. The number of rotatable bonds is 3. The summed E-state index contributed by atoms with van der Waals surface area (Å²) in [5.74, 6) is -0.570. The average Bonchev–Trinajstić information content (AvgIpc) is 2.77. The number of carboxylic acid groups (broad SMARTS) is 1. The monoisotopic (exact) mass is 364 g/mol. The maximum atomic E-state index is 11.5. The van der Waals surface area contributed by atoms with Crippen LogP contribution in [0.2, 0.25) is 0 Å². The number of carboxylic acids is 1. The summed E-state index contributed by atoms with van der Waals surface area (Å²) in [6.45, 7) is 1.67. The highest BCUT2D eigenvalue weighted by molar-refractivity contribution is 9.10. The van der Waals surface area contributed by atoms with E-state index in [1.165, 1.54) is 17.6 Å². The zero-order chi connectivity index (χ0) is 15.5. The van der Waals surface area contributed by atoms with Crippen LogP contribution in [0.3, 0.4) is 0 Å². The number of benzene rings is 1. The molecule has 3 rings (SSSR count). The van der Waals surface area contributed by atoms with Crippen LogP contribution in [0.25, 0.3) is 5.69 Å². The molecule has 0 spiro atoms. The van der Waals surface area contributed by atoms with Crippen LogP contribution in [0.15, 0.2) is 28.7 Å². The van der Waals surface area contributed by atoms with E-state index in [1.54, 1.807) is 0 Å². The molecule has 116 valence electrons. The highest BCUT2D eigenvalue weighted by Crippen LogP contribution is 2.22. The van der Waals surface area contributed by atoms with Crippen LogP contribution in [0.5, 0.6) is 0 Å². The lowest BCUT2D eigenvalue weighted by molar-refractivity contribution is 0.0690. The minimum Gasteiger partial charge on any atom is -0.476 e. The summed E-state index contributed by atoms with van der Waals surface area (Å²) < 4.78 is 0.953. The number of halogens is 1. The Labute approximate surface area is 136 Å². The van der Waals surface area contributed by atoms with Gasteiger partial charge in [-0.25, -0.2) is 4.79 Å². The Balaban J connectivity index is 1.98. The van der Waals surface area contributed by atoms with Gasteiger partial charge in [-0.1, -0.05) is 28.8 Å². The molecular formula is C15H17BrN4O2. The van der Waals surface area contributed by atoms with Crippen LogP contribution < -0.4 is 4.90 Å². The van der Waals surface area contributed by atoms with Crippen molar-refractivity contribution in [1.82, 2.24) is 15.0 Å². The van der Waals surface area contributed by atoms with Crippen molar-refractivity contribution in [3.8, 4) is 5.69 Å². The maximum Gasteiger partial charge on any atom is 0.360 e. The van der Waals surface area contributed by atoms with Crippen LogP contribution in [0.4, 0.5) is 5.82 Å². The summed E-state index contributed by atoms with van der Waals surface area (Å²) in [4.78, 5) is 14.9. The summed E-state index contributed by atoms with van der Waals surface area (Å²) in [5.41, 5.74) is 0.761. The molecule has 7 heteroatoms. The Morgan fingerprint density at radius 1 is 1.05 bits per heavy atom. The third-order valence-electron chi connectivity index (χ3n) is 3.76. The third kappa shape index (κ3) is 3.14. The van der Waals surface area contributed by atoms with Crippen LogP contribution in [0.1, 0.15) is 36.2 Å². The Morgan fingerprint density at radius 2 is 1.68 bits per heavy atom. The summed E-state index contributed by atoms with van der Waals surface area (Å²) >= 11 is 3.38. The fourth-order valence-corrected chi connectivity index (χ4v) is 2.89.